The molecule has 0 aliphatic carbocycles. The third-order valence-electron chi connectivity index (χ3n) is 5.26. The van der Waals surface area contributed by atoms with Gasteiger partial charge in [-0.05, 0) is 49.4 Å². The molecule has 0 unspecified atom stereocenters. The van der Waals surface area contributed by atoms with Crippen LogP contribution >= 0.6 is 0 Å². The number of hydrogen-bond acceptors (Lipinski definition) is 5. The van der Waals surface area contributed by atoms with E-state index in [0.717, 1.165) is 5.56 Å². The number of anilines is 1. The molecule has 0 N–H and O–H groups in total. The molecular formula is C25H28N2O5S. The number of benzene rings is 3. The van der Waals surface area contributed by atoms with Crippen molar-refractivity contribution in [2.45, 2.75) is 18.4 Å². The number of carbonyl (C=O) groups is 1. The highest BCUT2D eigenvalue weighted by molar-refractivity contribution is 7.92. The Balaban J connectivity index is 1.80. The Morgan fingerprint density at radius 3 is 2.12 bits per heavy atom. The maximum absolute atomic E-state index is 13.2. The minimum absolute atomic E-state index is 0.127. The summed E-state index contributed by atoms with van der Waals surface area (Å²) >= 11 is 0. The molecule has 0 spiro atoms. The van der Waals surface area contributed by atoms with Crippen LogP contribution in [0.1, 0.15) is 22.8 Å². The highest BCUT2D eigenvalue weighted by Gasteiger charge is 2.24. The van der Waals surface area contributed by atoms with Gasteiger partial charge in [-0.3, -0.25) is 9.10 Å². The Labute approximate surface area is 195 Å². The van der Waals surface area contributed by atoms with Crippen LogP contribution in [-0.4, -0.2) is 47.0 Å². The quantitative estimate of drug-likeness (QED) is 0.471. The van der Waals surface area contributed by atoms with Gasteiger partial charge in [0.1, 0.15) is 0 Å². The van der Waals surface area contributed by atoms with Crippen LogP contribution in [0.2, 0.25) is 0 Å². The van der Waals surface area contributed by atoms with Gasteiger partial charge in [0.15, 0.2) is 11.5 Å². The maximum atomic E-state index is 13.2. The van der Waals surface area contributed by atoms with Gasteiger partial charge < -0.3 is 14.4 Å². The molecule has 0 aliphatic rings. The molecule has 0 saturated carbocycles. The van der Waals surface area contributed by atoms with Gasteiger partial charge in [0.05, 0.1) is 24.8 Å². The lowest BCUT2D eigenvalue weighted by atomic mass is 10.1. The predicted molar refractivity (Wildman–Crippen MR) is 128 cm³/mol. The average molecular weight is 469 g/mol. The molecule has 7 nitrogen and oxygen atoms in total. The van der Waals surface area contributed by atoms with E-state index < -0.39 is 10.0 Å². The van der Waals surface area contributed by atoms with E-state index in [1.165, 1.54) is 28.6 Å². The Hall–Kier alpha value is -3.52. The third kappa shape index (κ3) is 5.12. The van der Waals surface area contributed by atoms with Gasteiger partial charge in [0, 0.05) is 31.3 Å². The van der Waals surface area contributed by atoms with E-state index in [-0.39, 0.29) is 17.3 Å². The summed E-state index contributed by atoms with van der Waals surface area (Å²) in [5.74, 6) is 0.921. The number of sulfonamides is 1. The Bertz CT molecular complexity index is 1200. The van der Waals surface area contributed by atoms with Gasteiger partial charge in [-0.2, -0.15) is 0 Å². The molecule has 1 amide bonds. The minimum Gasteiger partial charge on any atom is -0.493 e. The van der Waals surface area contributed by atoms with E-state index in [4.69, 9.17) is 9.47 Å². The van der Waals surface area contributed by atoms with Crippen molar-refractivity contribution in [3.63, 3.8) is 0 Å². The van der Waals surface area contributed by atoms with E-state index in [0.29, 0.717) is 29.3 Å². The second kappa shape index (κ2) is 10.4. The van der Waals surface area contributed by atoms with Crippen LogP contribution in [0.4, 0.5) is 5.69 Å². The first-order valence-electron chi connectivity index (χ1n) is 10.5. The normalized spacial score (nSPS) is 11.0. The number of hydrogen-bond donors (Lipinski definition) is 0. The second-order valence-corrected chi connectivity index (χ2v) is 9.21. The van der Waals surface area contributed by atoms with Crippen molar-refractivity contribution in [2.75, 3.05) is 32.1 Å². The maximum Gasteiger partial charge on any atom is 0.264 e. The van der Waals surface area contributed by atoms with Crippen LogP contribution in [0.3, 0.4) is 0 Å². The fraction of sp³-hybridized carbons (Fsp3) is 0.240. The molecule has 3 aromatic rings. The molecule has 0 radical (unpaired) electrons. The molecule has 0 heterocycles. The van der Waals surface area contributed by atoms with E-state index in [1.54, 1.807) is 63.4 Å². The summed E-state index contributed by atoms with van der Waals surface area (Å²) in [5, 5.41) is 0. The van der Waals surface area contributed by atoms with Crippen LogP contribution in [0.15, 0.2) is 77.7 Å². The Morgan fingerprint density at radius 2 is 1.55 bits per heavy atom. The summed E-state index contributed by atoms with van der Waals surface area (Å²) in [6, 6.07) is 20.4. The van der Waals surface area contributed by atoms with Gasteiger partial charge in [0.25, 0.3) is 15.9 Å². The molecule has 0 saturated heterocycles. The van der Waals surface area contributed by atoms with E-state index in [9.17, 15) is 13.2 Å². The highest BCUT2D eigenvalue weighted by atomic mass is 32.2. The molecule has 0 fully saturated rings. The lowest BCUT2D eigenvalue weighted by Crippen LogP contribution is -2.31. The van der Waals surface area contributed by atoms with E-state index >= 15 is 0 Å². The first kappa shape index (κ1) is 24.1. The molecule has 0 aliphatic heterocycles. The van der Waals surface area contributed by atoms with Crippen LogP contribution < -0.4 is 13.8 Å². The van der Waals surface area contributed by atoms with Crippen LogP contribution in [0, 0.1) is 0 Å². The largest absolute Gasteiger partial charge is 0.493 e. The molecule has 0 aromatic heterocycles. The monoisotopic (exact) mass is 468 g/mol. The zero-order chi connectivity index (χ0) is 24.0. The molecule has 0 bridgehead atoms. The van der Waals surface area contributed by atoms with Crippen molar-refractivity contribution in [3.05, 3.63) is 83.9 Å². The number of amides is 1. The lowest BCUT2D eigenvalue weighted by Gasteiger charge is -2.23. The summed E-state index contributed by atoms with van der Waals surface area (Å²) in [6.45, 7) is 2.37. The minimum atomic E-state index is -3.75. The predicted octanol–water partition coefficient (Wildman–Crippen LogP) is 4.19. The van der Waals surface area contributed by atoms with Gasteiger partial charge in [0.2, 0.25) is 0 Å². The number of ether oxygens (including phenoxy) is 2. The molecule has 3 aromatic carbocycles. The summed E-state index contributed by atoms with van der Waals surface area (Å²) in [6.07, 6.45) is 0. The van der Waals surface area contributed by atoms with Crippen LogP contribution in [-0.2, 0) is 16.6 Å². The first-order chi connectivity index (χ1) is 15.8. The Kier molecular flexibility index (Phi) is 7.60. The lowest BCUT2D eigenvalue weighted by molar-refractivity contribution is 0.0784. The third-order valence-corrected chi connectivity index (χ3v) is 7.18. The van der Waals surface area contributed by atoms with Gasteiger partial charge in [-0.25, -0.2) is 8.42 Å². The first-order valence-corrected chi connectivity index (χ1v) is 11.9. The number of para-hydroxylation sites is 2. The van der Waals surface area contributed by atoms with Crippen molar-refractivity contribution in [3.8, 4) is 11.5 Å². The highest BCUT2D eigenvalue weighted by Crippen LogP contribution is 2.31. The smallest absolute Gasteiger partial charge is 0.264 e. The van der Waals surface area contributed by atoms with E-state index in [1.807, 2.05) is 18.2 Å². The molecule has 33 heavy (non-hydrogen) atoms. The van der Waals surface area contributed by atoms with Crippen LogP contribution in [0.5, 0.6) is 11.5 Å². The zero-order valence-electron chi connectivity index (χ0n) is 19.2. The van der Waals surface area contributed by atoms with Crippen molar-refractivity contribution >= 4 is 21.6 Å². The SMILES string of the molecule is CCN(c1ccccc1)S(=O)(=O)c1ccc(C(=O)N(C)Cc2cccc(OC)c2OC)cc1. The second-order valence-electron chi connectivity index (χ2n) is 7.34. The molecule has 8 heteroatoms. The molecule has 3 rings (SSSR count). The summed E-state index contributed by atoms with van der Waals surface area (Å²) in [5.41, 5.74) is 1.78. The van der Waals surface area contributed by atoms with Crippen molar-refractivity contribution in [2.24, 2.45) is 0 Å². The molecule has 0 atom stereocenters. The summed E-state index contributed by atoms with van der Waals surface area (Å²) < 4.78 is 38.4. The average Bonchev–Trinajstić information content (AvgIpc) is 2.84. The van der Waals surface area contributed by atoms with Gasteiger partial charge >= 0.3 is 0 Å². The topological polar surface area (TPSA) is 76.2 Å². The zero-order valence-corrected chi connectivity index (χ0v) is 20.0. The van der Waals surface area contributed by atoms with Gasteiger partial charge in [-0.1, -0.05) is 30.3 Å². The number of nitrogens with zero attached hydrogens (tertiary/aromatic N) is 2. The Morgan fingerprint density at radius 1 is 0.879 bits per heavy atom. The van der Waals surface area contributed by atoms with E-state index in [2.05, 4.69) is 0 Å². The van der Waals surface area contributed by atoms with Crippen molar-refractivity contribution in [1.82, 2.24) is 4.90 Å². The number of methoxy groups -OCH3 is 2. The summed E-state index contributed by atoms with van der Waals surface area (Å²) in [7, 11) is 1.04. The summed E-state index contributed by atoms with van der Waals surface area (Å²) in [4.78, 5) is 14.6. The standard InChI is InChI=1S/C25H28N2O5S/c1-5-27(21-11-7-6-8-12-21)33(29,30)22-16-14-19(15-17-22)25(28)26(2)18-20-10-9-13-23(31-3)24(20)32-4/h6-17H,5,18H2,1-4H3. The van der Waals surface area contributed by atoms with Gasteiger partial charge in [-0.15, -0.1) is 0 Å². The molecular weight excluding hydrogens is 440 g/mol. The van der Waals surface area contributed by atoms with Crippen molar-refractivity contribution in [1.29, 1.82) is 0 Å². The number of carbonyl (C=O) groups excluding carboxylic acids is 1. The molecule has 174 valence electrons. The van der Waals surface area contributed by atoms with Crippen LogP contribution in [0.25, 0.3) is 0 Å². The number of rotatable bonds is 9. The fourth-order valence-electron chi connectivity index (χ4n) is 3.61. The fourth-order valence-corrected chi connectivity index (χ4v) is 5.08. The van der Waals surface area contributed by atoms with Crippen molar-refractivity contribution < 1.29 is 22.7 Å².